The third-order valence-corrected chi connectivity index (χ3v) is 2.68. The van der Waals surface area contributed by atoms with Gasteiger partial charge in [0.25, 0.3) is 0 Å². The summed E-state index contributed by atoms with van der Waals surface area (Å²) in [7, 11) is 0.817. The Labute approximate surface area is 85.5 Å². The van der Waals surface area contributed by atoms with Crippen LogP contribution in [-0.4, -0.2) is 56.6 Å². The van der Waals surface area contributed by atoms with Crippen molar-refractivity contribution in [1.82, 2.24) is 4.90 Å². The number of nitrogens with zero attached hydrogens (tertiary/aromatic N) is 1. The molecular formula is C8H20NO4P. The fourth-order valence-electron chi connectivity index (χ4n) is 0.670. The van der Waals surface area contributed by atoms with E-state index in [1.54, 1.807) is 6.92 Å². The van der Waals surface area contributed by atoms with E-state index < -0.39 is 13.7 Å². The highest BCUT2D eigenvalue weighted by molar-refractivity contribution is 7.52. The average molecular weight is 225 g/mol. The van der Waals surface area contributed by atoms with Crippen molar-refractivity contribution in [3.8, 4) is 0 Å². The number of rotatable bonds is 7. The molecule has 0 heterocycles. The van der Waals surface area contributed by atoms with Crippen LogP contribution < -0.4 is 0 Å². The van der Waals surface area contributed by atoms with Gasteiger partial charge < -0.3 is 19.1 Å². The molecule has 2 atom stereocenters. The molecule has 0 aliphatic heterocycles. The molecule has 5 nitrogen and oxygen atoms in total. The van der Waals surface area contributed by atoms with Crippen LogP contribution in [0.15, 0.2) is 0 Å². The molecule has 0 aromatic rings. The lowest BCUT2D eigenvalue weighted by atomic mass is 10.5. The molecule has 6 heteroatoms. The molecule has 0 spiro atoms. The Morgan fingerprint density at radius 2 is 2.00 bits per heavy atom. The summed E-state index contributed by atoms with van der Waals surface area (Å²) >= 11 is 0. The molecule has 0 fully saturated rings. The molecule has 0 amide bonds. The quantitative estimate of drug-likeness (QED) is 0.649. The smallest absolute Gasteiger partial charge is 0.327 e. The van der Waals surface area contributed by atoms with Gasteiger partial charge in [-0.25, -0.2) is 0 Å². The first-order valence-corrected chi connectivity index (χ1v) is 6.52. The van der Waals surface area contributed by atoms with E-state index in [9.17, 15) is 4.57 Å². The highest BCUT2D eigenvalue weighted by Crippen LogP contribution is 2.43. The minimum absolute atomic E-state index is 0.0374. The Hall–Kier alpha value is 0.0700. The Morgan fingerprint density at radius 3 is 2.43 bits per heavy atom. The summed E-state index contributed by atoms with van der Waals surface area (Å²) in [6.45, 7) is 4.07. The first kappa shape index (κ1) is 14.1. The van der Waals surface area contributed by atoms with Crippen LogP contribution >= 0.6 is 7.60 Å². The second-order valence-corrected chi connectivity index (χ2v) is 5.61. The summed E-state index contributed by atoms with van der Waals surface area (Å²) in [5.41, 5.74) is 0. The number of aliphatic hydroxyl groups is 1. The van der Waals surface area contributed by atoms with E-state index in [1.165, 1.54) is 6.66 Å². The summed E-state index contributed by atoms with van der Waals surface area (Å²) in [5, 5.41) is 8.92. The lowest BCUT2D eigenvalue weighted by Gasteiger charge is -2.16. The van der Waals surface area contributed by atoms with Crippen molar-refractivity contribution >= 4 is 7.60 Å². The van der Waals surface area contributed by atoms with Crippen LogP contribution in [-0.2, 0) is 13.6 Å². The number of likely N-dealkylation sites (N-methyl/N-ethyl adjacent to an activating group) is 1. The van der Waals surface area contributed by atoms with Crippen LogP contribution in [0.5, 0.6) is 0 Å². The van der Waals surface area contributed by atoms with Crippen molar-refractivity contribution in [2.75, 3.05) is 40.5 Å². The van der Waals surface area contributed by atoms with Gasteiger partial charge in [-0.1, -0.05) is 0 Å². The fraction of sp³-hybridized carbons (Fsp3) is 1.00. The first-order chi connectivity index (χ1) is 6.33. The average Bonchev–Trinajstić information content (AvgIpc) is 2.00. The third kappa shape index (κ3) is 8.66. The van der Waals surface area contributed by atoms with Crippen molar-refractivity contribution in [2.45, 2.75) is 13.0 Å². The molecule has 0 radical (unpaired) electrons. The maximum Gasteiger partial charge on any atom is 0.327 e. The zero-order valence-electron chi connectivity index (χ0n) is 9.27. The molecule has 86 valence electrons. The molecule has 0 saturated heterocycles. The van der Waals surface area contributed by atoms with Crippen LogP contribution in [0, 0.1) is 0 Å². The largest absolute Gasteiger partial charge is 0.391 e. The maximum absolute atomic E-state index is 11.5. The third-order valence-electron chi connectivity index (χ3n) is 1.41. The van der Waals surface area contributed by atoms with Crippen molar-refractivity contribution in [1.29, 1.82) is 0 Å². The second kappa shape index (κ2) is 6.53. The molecule has 0 aliphatic carbocycles. The van der Waals surface area contributed by atoms with Gasteiger partial charge in [0.05, 0.1) is 19.3 Å². The van der Waals surface area contributed by atoms with Crippen LogP contribution in [0.1, 0.15) is 6.92 Å². The van der Waals surface area contributed by atoms with Crippen LogP contribution in [0.25, 0.3) is 0 Å². The Kier molecular flexibility index (Phi) is 6.57. The van der Waals surface area contributed by atoms with Gasteiger partial charge in [-0.05, 0) is 21.0 Å². The fourth-order valence-corrected chi connectivity index (χ4v) is 1.64. The molecule has 2 unspecified atom stereocenters. The van der Waals surface area contributed by atoms with E-state index in [-0.39, 0.29) is 6.61 Å². The highest BCUT2D eigenvalue weighted by atomic mass is 31.2. The molecule has 0 aromatic heterocycles. The highest BCUT2D eigenvalue weighted by Gasteiger charge is 2.17. The van der Waals surface area contributed by atoms with E-state index in [0.29, 0.717) is 13.2 Å². The molecule has 14 heavy (non-hydrogen) atoms. The van der Waals surface area contributed by atoms with Crippen LogP contribution in [0.3, 0.4) is 0 Å². The lowest BCUT2D eigenvalue weighted by molar-refractivity contribution is 0.104. The minimum Gasteiger partial charge on any atom is -0.391 e. The molecular weight excluding hydrogens is 205 g/mol. The Bertz CT molecular complexity index is 196. The maximum atomic E-state index is 11.5. The topological polar surface area (TPSA) is 59.0 Å². The van der Waals surface area contributed by atoms with Gasteiger partial charge in [0, 0.05) is 13.2 Å². The van der Waals surface area contributed by atoms with E-state index in [1.807, 2.05) is 19.0 Å². The van der Waals surface area contributed by atoms with Gasteiger partial charge in [-0.15, -0.1) is 0 Å². The molecule has 0 rings (SSSR count). The monoisotopic (exact) mass is 225 g/mol. The Morgan fingerprint density at radius 1 is 1.43 bits per heavy atom. The minimum atomic E-state index is -2.99. The molecule has 0 bridgehead atoms. The summed E-state index contributed by atoms with van der Waals surface area (Å²) in [6, 6.07) is 0. The van der Waals surface area contributed by atoms with Gasteiger partial charge in [-0.3, -0.25) is 4.57 Å². The predicted octanol–water partition coefficient (Wildman–Crippen LogP) is 0.785. The van der Waals surface area contributed by atoms with Gasteiger partial charge >= 0.3 is 7.60 Å². The molecule has 1 N–H and O–H groups in total. The zero-order chi connectivity index (χ0) is 11.2. The summed E-state index contributed by atoms with van der Waals surface area (Å²) in [5.74, 6) is 0. The van der Waals surface area contributed by atoms with E-state index >= 15 is 0 Å². The lowest BCUT2D eigenvalue weighted by Crippen LogP contribution is -2.18. The Balaban J connectivity index is 3.67. The van der Waals surface area contributed by atoms with E-state index in [0.717, 1.165) is 0 Å². The van der Waals surface area contributed by atoms with Crippen molar-refractivity contribution in [3.63, 3.8) is 0 Å². The van der Waals surface area contributed by atoms with Gasteiger partial charge in [0.1, 0.15) is 0 Å². The summed E-state index contributed by atoms with van der Waals surface area (Å²) in [4.78, 5) is 1.93. The normalized spacial score (nSPS) is 18.1. The number of hydrogen-bond donors (Lipinski definition) is 1. The van der Waals surface area contributed by atoms with E-state index in [2.05, 4.69) is 0 Å². The van der Waals surface area contributed by atoms with Crippen LogP contribution in [0.2, 0.25) is 0 Å². The molecule has 0 saturated carbocycles. The van der Waals surface area contributed by atoms with E-state index in [4.69, 9.17) is 14.2 Å². The molecule has 0 aliphatic rings. The van der Waals surface area contributed by atoms with Crippen LogP contribution in [0.4, 0.5) is 0 Å². The molecule has 0 aromatic carbocycles. The van der Waals surface area contributed by atoms with Crippen molar-refractivity contribution < 1.29 is 18.7 Å². The second-order valence-electron chi connectivity index (χ2n) is 3.55. The van der Waals surface area contributed by atoms with Gasteiger partial charge in [-0.2, -0.15) is 0 Å². The SMILES string of the molecule is CC(O)COP(C)(=O)OCCN(C)C. The predicted molar refractivity (Wildman–Crippen MR) is 55.7 cm³/mol. The van der Waals surface area contributed by atoms with Crippen molar-refractivity contribution in [2.24, 2.45) is 0 Å². The standard InChI is InChI=1S/C8H20NO4P/c1-8(10)7-13-14(4,11)12-6-5-9(2)3/h8,10H,5-7H2,1-4H3. The number of aliphatic hydroxyl groups excluding tert-OH is 1. The summed E-state index contributed by atoms with van der Waals surface area (Å²) in [6.07, 6.45) is -0.624. The van der Waals surface area contributed by atoms with Gasteiger partial charge in [0.15, 0.2) is 0 Å². The zero-order valence-corrected chi connectivity index (χ0v) is 10.2. The number of hydrogen-bond acceptors (Lipinski definition) is 5. The first-order valence-electron chi connectivity index (χ1n) is 4.53. The summed E-state index contributed by atoms with van der Waals surface area (Å²) < 4.78 is 21.5. The van der Waals surface area contributed by atoms with Gasteiger partial charge in [0.2, 0.25) is 0 Å². The van der Waals surface area contributed by atoms with Crippen molar-refractivity contribution in [3.05, 3.63) is 0 Å².